The summed E-state index contributed by atoms with van der Waals surface area (Å²) in [6.07, 6.45) is 1.62. The van der Waals surface area contributed by atoms with E-state index in [4.69, 9.17) is 20.8 Å². The second-order valence-electron chi connectivity index (χ2n) is 5.53. The van der Waals surface area contributed by atoms with Crippen molar-refractivity contribution in [3.63, 3.8) is 0 Å². The number of hydrogen-bond donors (Lipinski definition) is 0. The van der Waals surface area contributed by atoms with Crippen LogP contribution in [0, 0.1) is 6.92 Å². The molecule has 2 heterocycles. The Hall–Kier alpha value is -2.53. The van der Waals surface area contributed by atoms with E-state index in [2.05, 4.69) is 4.98 Å². The molecule has 1 amide bonds. The number of carbonyl (C=O) groups excluding carboxylic acids is 1. The van der Waals surface area contributed by atoms with Gasteiger partial charge in [0.05, 0.1) is 7.11 Å². The van der Waals surface area contributed by atoms with Gasteiger partial charge in [0.25, 0.3) is 5.91 Å². The minimum Gasteiger partial charge on any atom is -0.497 e. The Morgan fingerprint density at radius 1 is 1.38 bits per heavy atom. The van der Waals surface area contributed by atoms with Crippen molar-refractivity contribution < 1.29 is 13.9 Å². The first-order valence-corrected chi connectivity index (χ1v) is 7.81. The van der Waals surface area contributed by atoms with Crippen LogP contribution in [0.15, 0.2) is 40.9 Å². The first kappa shape index (κ1) is 16.3. The van der Waals surface area contributed by atoms with Gasteiger partial charge in [-0.05, 0) is 25.1 Å². The molecule has 3 rings (SSSR count). The number of pyridine rings is 1. The van der Waals surface area contributed by atoms with Crippen LogP contribution in [0.25, 0.3) is 11.0 Å². The molecule has 24 heavy (non-hydrogen) atoms. The van der Waals surface area contributed by atoms with Gasteiger partial charge >= 0.3 is 0 Å². The van der Waals surface area contributed by atoms with Crippen molar-refractivity contribution in [1.29, 1.82) is 0 Å². The number of ether oxygens (including phenoxy) is 1. The Balaban J connectivity index is 1.90. The predicted molar refractivity (Wildman–Crippen MR) is 92.5 cm³/mol. The highest BCUT2D eigenvalue weighted by atomic mass is 35.5. The maximum Gasteiger partial charge on any atom is 0.289 e. The Kier molecular flexibility index (Phi) is 4.44. The van der Waals surface area contributed by atoms with Gasteiger partial charge in [0.15, 0.2) is 5.76 Å². The minimum absolute atomic E-state index is 0.206. The zero-order chi connectivity index (χ0) is 17.3. The lowest BCUT2D eigenvalue weighted by atomic mass is 10.1. The number of methoxy groups -OCH3 is 1. The SMILES string of the molecule is COc1ccc2c(C)c(C(=O)N(C)Cc3cccnc3Cl)oc2c1. The van der Waals surface area contributed by atoms with Crippen molar-refractivity contribution in [3.05, 3.63) is 58.6 Å². The number of hydrogen-bond acceptors (Lipinski definition) is 4. The molecule has 0 saturated carbocycles. The molecule has 0 fully saturated rings. The molecule has 0 N–H and O–H groups in total. The normalized spacial score (nSPS) is 10.8. The van der Waals surface area contributed by atoms with Gasteiger partial charge in [-0.3, -0.25) is 4.79 Å². The molecule has 0 aliphatic rings. The molecule has 2 aromatic heterocycles. The molecule has 0 atom stereocenters. The molecule has 5 nitrogen and oxygen atoms in total. The van der Waals surface area contributed by atoms with Gasteiger partial charge in [0.2, 0.25) is 0 Å². The highest BCUT2D eigenvalue weighted by molar-refractivity contribution is 6.30. The van der Waals surface area contributed by atoms with Crippen LogP contribution < -0.4 is 4.74 Å². The number of furan rings is 1. The van der Waals surface area contributed by atoms with Gasteiger partial charge in [-0.2, -0.15) is 0 Å². The number of carbonyl (C=O) groups is 1. The van der Waals surface area contributed by atoms with Crippen molar-refractivity contribution in [2.75, 3.05) is 14.2 Å². The summed E-state index contributed by atoms with van der Waals surface area (Å²) in [5.74, 6) is 0.800. The standard InChI is InChI=1S/C18H17ClN2O3/c1-11-14-7-6-13(23-3)9-15(14)24-16(11)18(22)21(2)10-12-5-4-8-20-17(12)19/h4-9H,10H2,1-3H3. The van der Waals surface area contributed by atoms with Crippen LogP contribution in [0.3, 0.4) is 0 Å². The van der Waals surface area contributed by atoms with Crippen LogP contribution >= 0.6 is 11.6 Å². The van der Waals surface area contributed by atoms with E-state index < -0.39 is 0 Å². The number of aromatic nitrogens is 1. The Morgan fingerprint density at radius 2 is 2.17 bits per heavy atom. The average Bonchev–Trinajstić information content (AvgIpc) is 2.92. The summed E-state index contributed by atoms with van der Waals surface area (Å²) in [6.45, 7) is 2.22. The van der Waals surface area contributed by atoms with Crippen LogP contribution in [0.5, 0.6) is 5.75 Å². The molecular weight excluding hydrogens is 328 g/mol. The van der Waals surface area contributed by atoms with E-state index in [0.29, 0.717) is 28.8 Å². The summed E-state index contributed by atoms with van der Waals surface area (Å²) in [6, 6.07) is 9.14. The Morgan fingerprint density at radius 3 is 2.88 bits per heavy atom. The number of halogens is 1. The lowest BCUT2D eigenvalue weighted by molar-refractivity contribution is 0.0755. The second-order valence-corrected chi connectivity index (χ2v) is 5.89. The lowest BCUT2D eigenvalue weighted by Gasteiger charge is -2.16. The van der Waals surface area contributed by atoms with Crippen LogP contribution in [-0.4, -0.2) is 29.9 Å². The molecule has 0 aliphatic heterocycles. The summed E-state index contributed by atoms with van der Waals surface area (Å²) in [7, 11) is 3.30. The highest BCUT2D eigenvalue weighted by Crippen LogP contribution is 2.29. The number of rotatable bonds is 4. The van der Waals surface area contributed by atoms with Gasteiger partial charge in [0, 0.05) is 42.4 Å². The Labute approximate surface area is 144 Å². The van der Waals surface area contributed by atoms with Crippen LogP contribution in [0.4, 0.5) is 0 Å². The summed E-state index contributed by atoms with van der Waals surface area (Å²) >= 11 is 6.06. The molecule has 0 spiro atoms. The first-order valence-electron chi connectivity index (χ1n) is 7.43. The molecule has 0 saturated heterocycles. The number of nitrogens with zero attached hydrogens (tertiary/aromatic N) is 2. The lowest BCUT2D eigenvalue weighted by Crippen LogP contribution is -2.26. The van der Waals surface area contributed by atoms with Gasteiger partial charge in [0.1, 0.15) is 16.5 Å². The van der Waals surface area contributed by atoms with Crippen molar-refractivity contribution in [3.8, 4) is 5.75 Å². The van der Waals surface area contributed by atoms with Gasteiger partial charge < -0.3 is 14.1 Å². The maximum absolute atomic E-state index is 12.7. The Bertz CT molecular complexity index is 904. The zero-order valence-electron chi connectivity index (χ0n) is 13.7. The summed E-state index contributed by atoms with van der Waals surface area (Å²) < 4.78 is 11.0. The largest absolute Gasteiger partial charge is 0.497 e. The van der Waals surface area contributed by atoms with Gasteiger partial charge in [-0.25, -0.2) is 4.98 Å². The van der Waals surface area contributed by atoms with Crippen LogP contribution in [0.2, 0.25) is 5.15 Å². The topological polar surface area (TPSA) is 55.6 Å². The molecule has 1 aromatic carbocycles. The maximum atomic E-state index is 12.7. The van der Waals surface area contributed by atoms with Crippen LogP contribution in [0.1, 0.15) is 21.7 Å². The second kappa shape index (κ2) is 6.53. The number of amides is 1. The predicted octanol–water partition coefficient (Wildman–Crippen LogP) is 4.07. The molecule has 6 heteroatoms. The average molecular weight is 345 g/mol. The molecule has 0 unspecified atom stereocenters. The van der Waals surface area contributed by atoms with Gasteiger partial charge in [-0.15, -0.1) is 0 Å². The summed E-state index contributed by atoms with van der Waals surface area (Å²) in [5, 5.41) is 1.29. The van der Waals surface area contributed by atoms with E-state index in [1.165, 1.54) is 0 Å². The number of aryl methyl sites for hydroxylation is 1. The molecule has 3 aromatic rings. The van der Waals surface area contributed by atoms with E-state index in [0.717, 1.165) is 16.5 Å². The quantitative estimate of drug-likeness (QED) is 0.669. The monoisotopic (exact) mass is 344 g/mol. The van der Waals surface area contributed by atoms with Crippen LogP contribution in [-0.2, 0) is 6.54 Å². The van der Waals surface area contributed by atoms with Gasteiger partial charge in [-0.1, -0.05) is 17.7 Å². The number of fused-ring (bicyclic) bond motifs is 1. The molecule has 0 radical (unpaired) electrons. The fourth-order valence-corrected chi connectivity index (χ4v) is 2.75. The molecule has 0 aliphatic carbocycles. The fourth-order valence-electron chi connectivity index (χ4n) is 2.57. The minimum atomic E-state index is -0.206. The smallest absolute Gasteiger partial charge is 0.289 e. The zero-order valence-corrected chi connectivity index (χ0v) is 14.4. The summed E-state index contributed by atoms with van der Waals surface area (Å²) in [4.78, 5) is 18.3. The van der Waals surface area contributed by atoms with Crippen molar-refractivity contribution in [2.45, 2.75) is 13.5 Å². The third-order valence-corrected chi connectivity index (χ3v) is 4.27. The van der Waals surface area contributed by atoms with E-state index in [9.17, 15) is 4.79 Å². The number of benzene rings is 1. The van der Waals surface area contributed by atoms with Crippen molar-refractivity contribution in [1.82, 2.24) is 9.88 Å². The van der Waals surface area contributed by atoms with E-state index >= 15 is 0 Å². The fraction of sp³-hybridized carbons (Fsp3) is 0.222. The van der Waals surface area contributed by atoms with Crippen molar-refractivity contribution in [2.24, 2.45) is 0 Å². The third-order valence-electron chi connectivity index (χ3n) is 3.93. The molecule has 0 bridgehead atoms. The van der Waals surface area contributed by atoms with E-state index in [1.54, 1.807) is 37.4 Å². The van der Waals surface area contributed by atoms with E-state index in [-0.39, 0.29) is 5.91 Å². The summed E-state index contributed by atoms with van der Waals surface area (Å²) in [5.41, 5.74) is 2.22. The highest BCUT2D eigenvalue weighted by Gasteiger charge is 2.22. The molecule has 124 valence electrons. The molecular formula is C18H17ClN2O3. The first-order chi connectivity index (χ1) is 11.5. The third kappa shape index (κ3) is 2.95. The van der Waals surface area contributed by atoms with E-state index in [1.807, 2.05) is 25.1 Å². The van der Waals surface area contributed by atoms with Crippen molar-refractivity contribution >= 4 is 28.5 Å².